The number of likely N-dealkylation sites (tertiary alicyclic amines) is 2. The lowest BCUT2D eigenvalue weighted by Gasteiger charge is -2.33. The van der Waals surface area contributed by atoms with Crippen molar-refractivity contribution >= 4 is 85.3 Å². The molecule has 0 bridgehead atoms. The van der Waals surface area contributed by atoms with Crippen LogP contribution in [0.1, 0.15) is 75.0 Å². The zero-order valence-corrected chi connectivity index (χ0v) is 39.6. The van der Waals surface area contributed by atoms with Crippen LogP contribution in [0.15, 0.2) is 64.4 Å². The lowest BCUT2D eigenvalue weighted by Crippen LogP contribution is -2.47. The highest BCUT2D eigenvalue weighted by Gasteiger charge is 2.31. The van der Waals surface area contributed by atoms with Crippen molar-refractivity contribution in [3.63, 3.8) is 0 Å². The summed E-state index contributed by atoms with van der Waals surface area (Å²) in [5, 5.41) is 6.60. The van der Waals surface area contributed by atoms with E-state index < -0.39 is 41.0 Å². The molecule has 5 amide bonds. The molecule has 2 aromatic heterocycles. The second kappa shape index (κ2) is 22.1. The number of benzene rings is 2. The summed E-state index contributed by atoms with van der Waals surface area (Å²) < 4.78 is 30.3. The van der Waals surface area contributed by atoms with Gasteiger partial charge < -0.3 is 24.6 Å². The van der Waals surface area contributed by atoms with Gasteiger partial charge in [-0.25, -0.2) is 43.0 Å². The number of nitrogens with one attached hydrogen (secondary N) is 4. The maximum absolute atomic E-state index is 13.1. The molecule has 1 aliphatic carbocycles. The third kappa shape index (κ3) is 14.0. The average molecular weight is 1000 g/mol. The van der Waals surface area contributed by atoms with Crippen LogP contribution in [0, 0.1) is 5.92 Å². The number of carbonyl (C=O) groups is 5. The molecule has 0 spiro atoms. The van der Waals surface area contributed by atoms with E-state index in [-0.39, 0.29) is 53.9 Å². The van der Waals surface area contributed by atoms with Gasteiger partial charge >= 0.3 is 18.2 Å². The predicted molar refractivity (Wildman–Crippen MR) is 246 cm³/mol. The zero-order valence-electron chi connectivity index (χ0n) is 36.4. The number of piperidine rings is 2. The summed E-state index contributed by atoms with van der Waals surface area (Å²) in [5.41, 5.74) is 2.13. The predicted octanol–water partition coefficient (Wildman–Crippen LogP) is 5.31. The summed E-state index contributed by atoms with van der Waals surface area (Å²) in [4.78, 5) is 89.6. The van der Waals surface area contributed by atoms with Crippen LogP contribution < -0.4 is 25.6 Å². The molecule has 2 aromatic carbocycles. The van der Waals surface area contributed by atoms with E-state index in [1.165, 1.54) is 46.2 Å². The van der Waals surface area contributed by atoms with E-state index in [1.807, 2.05) is 12.1 Å². The van der Waals surface area contributed by atoms with E-state index in [0.29, 0.717) is 72.3 Å². The van der Waals surface area contributed by atoms with Crippen molar-refractivity contribution in [1.82, 2.24) is 44.1 Å². The number of halogens is 2. The molecule has 7 rings (SSSR count). The topological polar surface area (TPSA) is 236 Å². The van der Waals surface area contributed by atoms with Crippen molar-refractivity contribution < 1.29 is 37.7 Å². The first-order chi connectivity index (χ1) is 30.9. The number of ether oxygens (including phenoxy) is 2. The van der Waals surface area contributed by atoms with Crippen molar-refractivity contribution in [2.24, 2.45) is 5.92 Å². The molecule has 2 saturated heterocycles. The van der Waals surface area contributed by atoms with Crippen LogP contribution in [0.4, 0.5) is 20.2 Å². The van der Waals surface area contributed by atoms with Gasteiger partial charge in [0, 0.05) is 49.1 Å². The largest absolute Gasteiger partial charge is 0.444 e. The molecule has 3 aliphatic rings. The monoisotopic (exact) mass is 998 g/mol. The van der Waals surface area contributed by atoms with Gasteiger partial charge in [0.25, 0.3) is 11.5 Å². The van der Waals surface area contributed by atoms with Crippen molar-refractivity contribution in [3.8, 4) is 0 Å². The van der Waals surface area contributed by atoms with Crippen LogP contribution >= 0.6 is 27.5 Å². The van der Waals surface area contributed by atoms with Gasteiger partial charge in [0.2, 0.25) is 0 Å². The van der Waals surface area contributed by atoms with Gasteiger partial charge in [0.1, 0.15) is 17.5 Å². The van der Waals surface area contributed by atoms with Crippen LogP contribution in [0.2, 0.25) is 5.02 Å². The number of carbonyl (C=O) groups excluding carboxylic acids is 5. The molecule has 2 aliphatic heterocycles. The number of anilines is 1. The number of Topliss-reactive ketones (excluding diaryl/α,β-unsaturated/α-hetero) is 1. The third-order valence-corrected chi connectivity index (χ3v) is 12.6. The van der Waals surface area contributed by atoms with E-state index in [1.54, 1.807) is 37.8 Å². The lowest BCUT2D eigenvalue weighted by atomic mass is 9.97. The maximum atomic E-state index is 13.1. The second-order valence-corrected chi connectivity index (χ2v) is 19.2. The number of hydrogen-bond donors (Lipinski definition) is 4. The van der Waals surface area contributed by atoms with Gasteiger partial charge in [-0.3, -0.25) is 24.3 Å². The van der Waals surface area contributed by atoms with Crippen molar-refractivity contribution in [1.29, 1.82) is 0 Å². The molecule has 0 radical (unpaired) electrons. The average Bonchev–Trinajstić information content (AvgIpc) is 3.67. The Hall–Kier alpha value is -5.51. The fourth-order valence-corrected chi connectivity index (χ4v) is 8.70. The Morgan fingerprint density at radius 1 is 0.954 bits per heavy atom. The Bertz CT molecular complexity index is 2470. The Kier molecular flexibility index (Phi) is 16.7. The smallest absolute Gasteiger partial charge is 0.420 e. The maximum Gasteiger partial charge on any atom is 0.420 e. The van der Waals surface area contributed by atoms with Crippen LogP contribution in [-0.2, 0) is 44.8 Å². The molecule has 4 heterocycles. The second-order valence-electron chi connectivity index (χ2n) is 16.9. The van der Waals surface area contributed by atoms with Crippen LogP contribution in [0.5, 0.6) is 0 Å². The summed E-state index contributed by atoms with van der Waals surface area (Å²) in [7, 11) is 0. The van der Waals surface area contributed by atoms with Gasteiger partial charge in [-0.05, 0) is 111 Å². The fourth-order valence-electron chi connectivity index (χ4n) is 7.54. The number of hydrogen-bond acceptors (Lipinski definition) is 12. The van der Waals surface area contributed by atoms with Crippen molar-refractivity contribution in [2.45, 2.75) is 90.5 Å². The van der Waals surface area contributed by atoms with E-state index in [4.69, 9.17) is 21.1 Å². The number of nitrogens with zero attached hydrogens (tertiary/aromatic N) is 6. The van der Waals surface area contributed by atoms with Gasteiger partial charge in [-0.15, -0.1) is 0 Å². The van der Waals surface area contributed by atoms with Gasteiger partial charge in [0.05, 0.1) is 35.3 Å². The lowest BCUT2D eigenvalue weighted by molar-refractivity contribution is -0.117. The highest BCUT2D eigenvalue weighted by Crippen LogP contribution is 2.26. The van der Waals surface area contributed by atoms with Crippen molar-refractivity contribution in [3.05, 3.63) is 91.8 Å². The molecular formula is C43H52BrClN10O9S. The van der Waals surface area contributed by atoms with E-state index in [9.17, 15) is 33.0 Å². The number of amides is 5. The quantitative estimate of drug-likeness (QED) is 0.158. The Balaban J connectivity index is 0.000000343. The molecular weight excluding hydrogens is 948 g/mol. The molecule has 348 valence electrons. The minimum atomic E-state index is -1.88. The highest BCUT2D eigenvalue weighted by molar-refractivity contribution is 9.10. The summed E-state index contributed by atoms with van der Waals surface area (Å²) >= 11 is 7.31. The Morgan fingerprint density at radius 3 is 2.32 bits per heavy atom. The normalized spacial score (nSPS) is 17.0. The number of aromatic nitrogens is 4. The minimum Gasteiger partial charge on any atom is -0.444 e. The molecule has 2 fully saturated rings. The summed E-state index contributed by atoms with van der Waals surface area (Å²) in [6.07, 6.45) is 6.36. The SMILES string of the molecule is CC(=O)Cn1cnc2cc(Br)c(Cl)cc2c1=O.CC(C)(C)OC(=O)N1CCCC(OC(=O)NS(=O)NCC2CCN(C(=O)Nc3nccnc3C(=O)NC3Cc4ccccc4C3)CC2)C1. The molecule has 2 atom stereocenters. The fraction of sp³-hybridized carbons (Fsp3) is 0.465. The molecule has 0 saturated carbocycles. The van der Waals surface area contributed by atoms with Crippen LogP contribution in [0.3, 0.4) is 0 Å². The first-order valence-electron chi connectivity index (χ1n) is 21.1. The van der Waals surface area contributed by atoms with Crippen molar-refractivity contribution in [2.75, 3.05) is 38.0 Å². The van der Waals surface area contributed by atoms with E-state index >= 15 is 0 Å². The molecule has 22 heteroatoms. The molecule has 4 aromatic rings. The first kappa shape index (κ1) is 48.9. The minimum absolute atomic E-state index is 0.0233. The number of rotatable bonds is 10. The zero-order chi connectivity index (χ0) is 46.8. The van der Waals surface area contributed by atoms with Crippen LogP contribution in [-0.4, -0.2) is 114 Å². The summed E-state index contributed by atoms with van der Waals surface area (Å²) in [5.74, 6) is -0.284. The summed E-state index contributed by atoms with van der Waals surface area (Å²) in [6, 6.07) is 10.9. The standard InChI is InChI=1S/C32H44N8O7S.C11H8BrClN2O2/c1-32(2,3)47-31(44)40-14-6-9-25(20-40)46-30(43)38-48(45)35-19-21-10-15-39(16-11-21)29(42)37-27-26(33-12-13-34-27)28(41)36-24-17-22-7-4-5-8-23(22)18-24;1-6(16)4-15-5-14-10-3-8(12)9(13)2-7(10)11(15)17/h4-5,7-8,12-13,21,24-25,35H,6,9-11,14-20H2,1-3H3,(H,36,41)(H,38,43)(H,34,37,42);2-3,5H,4H2,1H3. The highest BCUT2D eigenvalue weighted by atomic mass is 79.9. The first-order valence-corrected chi connectivity index (χ1v) is 23.4. The van der Waals surface area contributed by atoms with Gasteiger partial charge in [-0.1, -0.05) is 35.9 Å². The van der Waals surface area contributed by atoms with E-state index in [2.05, 4.69) is 63.1 Å². The molecule has 19 nitrogen and oxygen atoms in total. The molecule has 4 N–H and O–H groups in total. The molecule has 65 heavy (non-hydrogen) atoms. The number of ketones is 1. The number of fused-ring (bicyclic) bond motifs is 2. The van der Waals surface area contributed by atoms with Gasteiger partial charge in [-0.2, -0.15) is 0 Å². The number of urea groups is 1. The molecule has 2 unspecified atom stereocenters. The van der Waals surface area contributed by atoms with E-state index in [0.717, 1.165) is 12.8 Å². The Morgan fingerprint density at radius 2 is 1.65 bits per heavy atom. The summed E-state index contributed by atoms with van der Waals surface area (Å²) in [6.45, 7) is 8.77. The third-order valence-electron chi connectivity index (χ3n) is 10.7. The van der Waals surface area contributed by atoms with Crippen LogP contribution in [0.25, 0.3) is 10.9 Å². The Labute approximate surface area is 391 Å². The van der Waals surface area contributed by atoms with Gasteiger partial charge in [0.15, 0.2) is 22.7 Å².